The molecule has 0 saturated carbocycles. The van der Waals surface area contributed by atoms with Gasteiger partial charge in [0.1, 0.15) is 6.61 Å². The van der Waals surface area contributed by atoms with Crippen molar-refractivity contribution in [1.29, 1.82) is 0 Å². The number of unbranched alkanes of at least 4 members (excludes halogenated alkanes) is 1. The number of allylic oxidation sites excluding steroid dienone is 2. The first-order valence-corrected chi connectivity index (χ1v) is 12.7. The minimum Gasteiger partial charge on any atom is -0.463 e. The number of hydrogen-bond acceptors (Lipinski definition) is 6. The molecule has 3 N–H and O–H groups in total. The van der Waals surface area contributed by atoms with E-state index in [4.69, 9.17) is 9.84 Å². The van der Waals surface area contributed by atoms with Crippen LogP contribution in [0.25, 0.3) is 0 Å². The summed E-state index contributed by atoms with van der Waals surface area (Å²) in [7, 11) is 0. The average Bonchev–Trinajstić information content (AvgIpc) is 2.82. The average molecular weight is 491 g/mol. The van der Waals surface area contributed by atoms with E-state index in [1.807, 2.05) is 30.3 Å². The Labute approximate surface area is 207 Å². The first-order valence-electron chi connectivity index (χ1n) is 11.6. The number of amides is 2. The molecule has 0 fully saturated rings. The van der Waals surface area contributed by atoms with Crippen LogP contribution in [0.2, 0.25) is 0 Å². The lowest BCUT2D eigenvalue weighted by molar-refractivity contribution is -0.145. The summed E-state index contributed by atoms with van der Waals surface area (Å²) < 4.78 is 5.41. The van der Waals surface area contributed by atoms with Crippen LogP contribution in [0, 0.1) is 5.92 Å². The van der Waals surface area contributed by atoms with Crippen molar-refractivity contribution in [2.75, 3.05) is 19.0 Å². The summed E-state index contributed by atoms with van der Waals surface area (Å²) in [5.41, 5.74) is 1.17. The van der Waals surface area contributed by atoms with Crippen molar-refractivity contribution in [2.45, 2.75) is 56.9 Å². The number of thioether (sulfide) groups is 1. The second-order valence-electron chi connectivity index (χ2n) is 8.15. The van der Waals surface area contributed by atoms with Gasteiger partial charge in [-0.2, -0.15) is 11.8 Å². The van der Waals surface area contributed by atoms with E-state index in [9.17, 15) is 14.4 Å². The lowest BCUT2D eigenvalue weighted by Gasteiger charge is -2.22. The van der Waals surface area contributed by atoms with Gasteiger partial charge in [-0.25, -0.2) is 0 Å². The molecule has 0 aliphatic rings. The Morgan fingerprint density at radius 3 is 2.53 bits per heavy atom. The summed E-state index contributed by atoms with van der Waals surface area (Å²) in [6.45, 7) is 8.91. The fourth-order valence-electron chi connectivity index (χ4n) is 3.09. The zero-order chi connectivity index (χ0) is 25.2. The van der Waals surface area contributed by atoms with Gasteiger partial charge in [-0.3, -0.25) is 14.4 Å². The molecule has 0 saturated heterocycles. The van der Waals surface area contributed by atoms with E-state index in [-0.39, 0.29) is 43.5 Å². The minimum absolute atomic E-state index is 0.0204. The number of ether oxygens (including phenoxy) is 1. The Hall–Kier alpha value is -2.58. The molecule has 188 valence electrons. The van der Waals surface area contributed by atoms with Crippen molar-refractivity contribution in [2.24, 2.45) is 5.92 Å². The minimum atomic E-state index is -0.603. The molecule has 3 unspecified atom stereocenters. The predicted molar refractivity (Wildman–Crippen MR) is 137 cm³/mol. The molecule has 0 radical (unpaired) electrons. The van der Waals surface area contributed by atoms with Crippen molar-refractivity contribution < 1.29 is 24.2 Å². The smallest absolute Gasteiger partial charge is 0.305 e. The molecule has 1 rings (SSSR count). The number of hydrogen-bond donors (Lipinski definition) is 3. The van der Waals surface area contributed by atoms with Crippen molar-refractivity contribution in [3.8, 4) is 0 Å². The van der Waals surface area contributed by atoms with Gasteiger partial charge in [-0.05, 0) is 31.7 Å². The van der Waals surface area contributed by atoms with Crippen LogP contribution in [0.15, 0.2) is 55.6 Å². The number of rotatable bonds is 18. The Morgan fingerprint density at radius 1 is 1.15 bits per heavy atom. The fourth-order valence-corrected chi connectivity index (χ4v) is 4.10. The van der Waals surface area contributed by atoms with Gasteiger partial charge in [0.15, 0.2) is 0 Å². The highest BCUT2D eigenvalue weighted by molar-refractivity contribution is 7.98. The Balaban J connectivity index is 2.72. The van der Waals surface area contributed by atoms with E-state index in [1.54, 1.807) is 30.8 Å². The highest BCUT2D eigenvalue weighted by Gasteiger charge is 2.24. The van der Waals surface area contributed by atoms with Gasteiger partial charge in [0.05, 0.1) is 18.6 Å². The number of nitrogens with one attached hydrogen (secondary N) is 2. The number of carbonyl (C=O) groups excluding carboxylic acids is 3. The normalized spacial score (nSPS) is 13.2. The lowest BCUT2D eigenvalue weighted by atomic mass is 9.99. The molecule has 0 aliphatic carbocycles. The summed E-state index contributed by atoms with van der Waals surface area (Å²) in [6.07, 6.45) is 5.38. The van der Waals surface area contributed by atoms with Crippen molar-refractivity contribution >= 4 is 29.5 Å². The summed E-state index contributed by atoms with van der Waals surface area (Å²) >= 11 is 1.63. The van der Waals surface area contributed by atoms with Gasteiger partial charge >= 0.3 is 5.97 Å². The van der Waals surface area contributed by atoms with Crippen molar-refractivity contribution in [3.63, 3.8) is 0 Å². The van der Waals surface area contributed by atoms with Crippen LogP contribution in [0.3, 0.4) is 0 Å². The molecule has 2 amide bonds. The van der Waals surface area contributed by atoms with Gasteiger partial charge in [0.25, 0.3) is 0 Å². The van der Waals surface area contributed by atoms with E-state index in [0.717, 1.165) is 12.2 Å². The SMILES string of the molecule is C=CCCCC(=O)OCC(CSCc1ccccc1)NC(=O)C(CC=C)CC(=O)NC(C)CO. The van der Waals surface area contributed by atoms with E-state index < -0.39 is 12.0 Å². The van der Waals surface area contributed by atoms with Crippen LogP contribution in [0.5, 0.6) is 0 Å². The fraction of sp³-hybridized carbons (Fsp3) is 0.500. The number of aliphatic hydroxyl groups excluding tert-OH is 1. The molecule has 0 aliphatic heterocycles. The first kappa shape index (κ1) is 29.5. The Bertz CT molecular complexity index is 772. The van der Waals surface area contributed by atoms with Crippen molar-refractivity contribution in [3.05, 3.63) is 61.2 Å². The highest BCUT2D eigenvalue weighted by Crippen LogP contribution is 2.15. The quantitative estimate of drug-likeness (QED) is 0.166. The van der Waals surface area contributed by atoms with Gasteiger partial charge in [0, 0.05) is 30.4 Å². The molecule has 0 aromatic heterocycles. The maximum atomic E-state index is 13.0. The van der Waals surface area contributed by atoms with E-state index in [1.165, 1.54) is 5.56 Å². The van der Waals surface area contributed by atoms with E-state index in [2.05, 4.69) is 23.8 Å². The maximum absolute atomic E-state index is 13.0. The Kier molecular flexibility index (Phi) is 15.5. The molecule has 3 atom stereocenters. The summed E-state index contributed by atoms with van der Waals surface area (Å²) in [6, 6.07) is 9.20. The molecule has 0 heterocycles. The van der Waals surface area contributed by atoms with Crippen LogP contribution in [-0.4, -0.2) is 53.9 Å². The van der Waals surface area contributed by atoms with Crippen LogP contribution in [-0.2, 0) is 24.9 Å². The van der Waals surface area contributed by atoms with Gasteiger partial charge in [0.2, 0.25) is 11.8 Å². The second kappa shape index (κ2) is 17.8. The summed E-state index contributed by atoms with van der Waals surface area (Å²) in [5, 5.41) is 14.7. The molecule has 8 heteroatoms. The maximum Gasteiger partial charge on any atom is 0.305 e. The van der Waals surface area contributed by atoms with Gasteiger partial charge < -0.3 is 20.5 Å². The third kappa shape index (κ3) is 13.2. The third-order valence-corrected chi connectivity index (χ3v) is 6.12. The van der Waals surface area contributed by atoms with Crippen LogP contribution < -0.4 is 10.6 Å². The molecule has 1 aromatic rings. The molecular formula is C26H38N2O5S. The Morgan fingerprint density at radius 2 is 1.88 bits per heavy atom. The molecule has 34 heavy (non-hydrogen) atoms. The number of carbonyl (C=O) groups is 3. The third-order valence-electron chi connectivity index (χ3n) is 4.95. The zero-order valence-corrected chi connectivity index (χ0v) is 20.9. The van der Waals surface area contributed by atoms with E-state index in [0.29, 0.717) is 25.0 Å². The number of benzene rings is 1. The molecular weight excluding hydrogens is 452 g/mol. The van der Waals surface area contributed by atoms with Crippen LogP contribution in [0.4, 0.5) is 0 Å². The predicted octanol–water partition coefficient (Wildman–Crippen LogP) is 3.38. The zero-order valence-electron chi connectivity index (χ0n) is 20.0. The van der Waals surface area contributed by atoms with Crippen molar-refractivity contribution in [1.82, 2.24) is 10.6 Å². The van der Waals surface area contributed by atoms with Crippen LogP contribution >= 0.6 is 11.8 Å². The number of esters is 1. The second-order valence-corrected chi connectivity index (χ2v) is 9.18. The van der Waals surface area contributed by atoms with Gasteiger partial charge in [-0.15, -0.1) is 13.2 Å². The first-order chi connectivity index (χ1) is 16.4. The molecule has 7 nitrogen and oxygen atoms in total. The van der Waals surface area contributed by atoms with Crippen LogP contribution in [0.1, 0.15) is 44.6 Å². The van der Waals surface area contributed by atoms with Gasteiger partial charge in [-0.1, -0.05) is 42.5 Å². The monoisotopic (exact) mass is 490 g/mol. The topological polar surface area (TPSA) is 105 Å². The standard InChI is InChI=1S/C26H38N2O5S/c1-4-6-8-14-25(31)33-17-23(19-34-18-21-12-9-7-10-13-21)28-26(32)22(11-5-2)15-24(30)27-20(3)16-29/h4-5,7,9-10,12-13,20,22-23,29H,1-2,6,8,11,14-19H2,3H3,(H,27,30)(H,28,32). The van der Waals surface area contributed by atoms with E-state index >= 15 is 0 Å². The summed E-state index contributed by atoms with van der Waals surface area (Å²) in [4.78, 5) is 37.3. The largest absolute Gasteiger partial charge is 0.463 e. The molecule has 0 bridgehead atoms. The lowest BCUT2D eigenvalue weighted by Crippen LogP contribution is -2.45. The highest BCUT2D eigenvalue weighted by atomic mass is 32.2. The summed E-state index contributed by atoms with van der Waals surface area (Å²) in [5.74, 6) is -0.206. The molecule has 1 aromatic carbocycles. The number of aliphatic hydroxyl groups is 1. The molecule has 0 spiro atoms.